The lowest BCUT2D eigenvalue weighted by molar-refractivity contribution is -0.137. The monoisotopic (exact) mass is 470 g/mol. The van der Waals surface area contributed by atoms with E-state index in [0.29, 0.717) is 11.3 Å². The second kappa shape index (κ2) is 9.62. The Kier molecular flexibility index (Phi) is 6.23. The molecule has 0 unspecified atom stereocenters. The highest BCUT2D eigenvalue weighted by atomic mass is 16.5. The molecule has 0 aromatic heterocycles. The molecule has 35 heavy (non-hydrogen) atoms. The van der Waals surface area contributed by atoms with Crippen molar-refractivity contribution in [3.8, 4) is 11.1 Å². The number of carboxylic acids is 1. The van der Waals surface area contributed by atoms with Gasteiger partial charge in [-0.25, -0.2) is 4.79 Å². The minimum absolute atomic E-state index is 0.0394. The smallest absolute Gasteiger partial charge is 0.411 e. The number of carbonyl (C=O) groups is 3. The Morgan fingerprint density at radius 2 is 1.57 bits per heavy atom. The number of ether oxygens (including phenoxy) is 1. The van der Waals surface area contributed by atoms with E-state index in [4.69, 9.17) is 9.84 Å². The fourth-order valence-corrected chi connectivity index (χ4v) is 4.70. The van der Waals surface area contributed by atoms with Crippen LogP contribution in [0.2, 0.25) is 0 Å². The maximum Gasteiger partial charge on any atom is 0.411 e. The van der Waals surface area contributed by atoms with Gasteiger partial charge in [-0.2, -0.15) is 0 Å². The Bertz CT molecular complexity index is 1240. The fourth-order valence-electron chi connectivity index (χ4n) is 4.70. The lowest BCUT2D eigenvalue weighted by Crippen LogP contribution is -2.35. The summed E-state index contributed by atoms with van der Waals surface area (Å²) >= 11 is 0. The number of anilines is 1. The van der Waals surface area contributed by atoms with Crippen molar-refractivity contribution in [3.63, 3.8) is 0 Å². The van der Waals surface area contributed by atoms with Crippen LogP contribution in [0.4, 0.5) is 10.5 Å². The molecule has 0 bridgehead atoms. The fraction of sp³-hybridized carbons (Fsp3) is 0.250. The summed E-state index contributed by atoms with van der Waals surface area (Å²) in [5.41, 5.74) is 5.44. The first-order chi connectivity index (χ1) is 17.0. The molecule has 2 aliphatic rings. The van der Waals surface area contributed by atoms with E-state index in [1.165, 1.54) is 0 Å². The predicted octanol–water partition coefficient (Wildman–Crippen LogP) is 5.13. The van der Waals surface area contributed by atoms with Gasteiger partial charge >= 0.3 is 12.1 Å². The third-order valence-electron chi connectivity index (χ3n) is 6.51. The van der Waals surface area contributed by atoms with Gasteiger partial charge in [0.1, 0.15) is 6.61 Å². The molecule has 0 radical (unpaired) electrons. The van der Waals surface area contributed by atoms with Crippen molar-refractivity contribution in [1.82, 2.24) is 4.90 Å². The van der Waals surface area contributed by atoms with Crippen molar-refractivity contribution in [2.24, 2.45) is 0 Å². The standard InChI is InChI=1S/C28H26N2O5/c31-26(32)14-15-30(20-12-13-20)27(33)18-6-5-7-19(16-18)29-28(34)35-17-25-23-10-3-1-8-21(23)22-9-2-4-11-24(22)25/h1-11,16,20,25H,12-15,17H2,(H,29,34)(H,31,32). The molecule has 0 atom stereocenters. The van der Waals surface area contributed by atoms with Crippen LogP contribution in [0.25, 0.3) is 11.1 Å². The molecule has 0 aliphatic heterocycles. The van der Waals surface area contributed by atoms with Crippen molar-refractivity contribution in [2.45, 2.75) is 31.2 Å². The normalized spacial score (nSPS) is 14.1. The molecular weight excluding hydrogens is 444 g/mol. The maximum absolute atomic E-state index is 13.0. The lowest BCUT2D eigenvalue weighted by Gasteiger charge is -2.22. The van der Waals surface area contributed by atoms with Crippen molar-refractivity contribution in [2.75, 3.05) is 18.5 Å². The van der Waals surface area contributed by atoms with Gasteiger partial charge in [-0.3, -0.25) is 14.9 Å². The van der Waals surface area contributed by atoms with E-state index < -0.39 is 12.1 Å². The molecule has 2 aliphatic carbocycles. The van der Waals surface area contributed by atoms with Crippen LogP contribution in [0.5, 0.6) is 0 Å². The van der Waals surface area contributed by atoms with Crippen LogP contribution < -0.4 is 5.32 Å². The van der Waals surface area contributed by atoms with E-state index >= 15 is 0 Å². The Hall–Kier alpha value is -4.13. The highest BCUT2D eigenvalue weighted by Gasteiger charge is 2.33. The topological polar surface area (TPSA) is 95.9 Å². The molecule has 1 saturated carbocycles. The molecule has 0 spiro atoms. The zero-order chi connectivity index (χ0) is 24.4. The summed E-state index contributed by atoms with van der Waals surface area (Å²) in [5.74, 6) is -1.21. The van der Waals surface area contributed by atoms with E-state index in [0.717, 1.165) is 35.1 Å². The van der Waals surface area contributed by atoms with Gasteiger partial charge in [-0.05, 0) is 53.3 Å². The van der Waals surface area contributed by atoms with Gasteiger partial charge in [0.15, 0.2) is 0 Å². The molecule has 2 amide bonds. The number of amides is 2. The van der Waals surface area contributed by atoms with Crippen LogP contribution in [0.1, 0.15) is 46.7 Å². The molecule has 7 nitrogen and oxygen atoms in total. The first-order valence-corrected chi connectivity index (χ1v) is 11.8. The number of carboxylic acid groups (broad SMARTS) is 1. The Balaban J connectivity index is 1.24. The maximum atomic E-state index is 13.0. The van der Waals surface area contributed by atoms with Crippen molar-refractivity contribution >= 4 is 23.7 Å². The van der Waals surface area contributed by atoms with Gasteiger partial charge in [-0.15, -0.1) is 0 Å². The van der Waals surface area contributed by atoms with Gasteiger partial charge < -0.3 is 14.7 Å². The average molecular weight is 471 g/mol. The average Bonchev–Trinajstić information content (AvgIpc) is 3.65. The van der Waals surface area contributed by atoms with Crippen LogP contribution in [0.3, 0.4) is 0 Å². The lowest BCUT2D eigenvalue weighted by atomic mass is 9.98. The highest BCUT2D eigenvalue weighted by Crippen LogP contribution is 2.44. The number of hydrogen-bond acceptors (Lipinski definition) is 4. The van der Waals surface area contributed by atoms with E-state index in [-0.39, 0.29) is 37.4 Å². The number of nitrogens with zero attached hydrogens (tertiary/aromatic N) is 1. The van der Waals surface area contributed by atoms with Crippen molar-refractivity contribution in [1.29, 1.82) is 0 Å². The highest BCUT2D eigenvalue weighted by molar-refractivity contribution is 5.96. The summed E-state index contributed by atoms with van der Waals surface area (Å²) in [6.45, 7) is 0.367. The first kappa shape index (κ1) is 22.7. The van der Waals surface area contributed by atoms with E-state index in [2.05, 4.69) is 29.6 Å². The second-order valence-electron chi connectivity index (χ2n) is 8.90. The third kappa shape index (κ3) is 4.89. The van der Waals surface area contributed by atoms with Crippen LogP contribution in [0, 0.1) is 0 Å². The van der Waals surface area contributed by atoms with Gasteiger partial charge in [0.2, 0.25) is 0 Å². The zero-order valence-electron chi connectivity index (χ0n) is 19.1. The Labute approximate surface area is 203 Å². The predicted molar refractivity (Wildman–Crippen MR) is 131 cm³/mol. The van der Waals surface area contributed by atoms with Gasteiger partial charge in [0, 0.05) is 29.8 Å². The summed E-state index contributed by atoms with van der Waals surface area (Å²) in [6, 6.07) is 23.0. The van der Waals surface area contributed by atoms with Crippen LogP contribution in [-0.4, -0.2) is 47.2 Å². The van der Waals surface area contributed by atoms with Crippen LogP contribution in [0.15, 0.2) is 72.8 Å². The molecule has 0 saturated heterocycles. The largest absolute Gasteiger partial charge is 0.481 e. The number of carbonyl (C=O) groups excluding carboxylic acids is 2. The molecule has 178 valence electrons. The molecular formula is C28H26N2O5. The molecule has 2 N–H and O–H groups in total. The van der Waals surface area contributed by atoms with Gasteiger partial charge in [0.05, 0.1) is 6.42 Å². The van der Waals surface area contributed by atoms with Crippen molar-refractivity contribution < 1.29 is 24.2 Å². The quantitative estimate of drug-likeness (QED) is 0.476. The summed E-state index contributed by atoms with van der Waals surface area (Å²) in [6.07, 6.45) is 1.06. The summed E-state index contributed by atoms with van der Waals surface area (Å²) in [4.78, 5) is 38.2. The van der Waals surface area contributed by atoms with Gasteiger partial charge in [-0.1, -0.05) is 54.6 Å². The molecule has 5 rings (SSSR count). The molecule has 0 heterocycles. The molecule has 3 aromatic carbocycles. The molecule has 1 fully saturated rings. The number of nitrogens with one attached hydrogen (secondary N) is 1. The summed E-state index contributed by atoms with van der Waals surface area (Å²) in [7, 11) is 0. The van der Waals surface area contributed by atoms with E-state index in [9.17, 15) is 14.4 Å². The number of hydrogen-bond donors (Lipinski definition) is 2. The SMILES string of the molecule is O=C(O)CCN(C(=O)c1cccc(NC(=O)OCC2c3ccccc3-c3ccccc32)c1)C1CC1. The second-order valence-corrected chi connectivity index (χ2v) is 8.90. The number of fused-ring (bicyclic) bond motifs is 3. The van der Waals surface area contributed by atoms with Crippen molar-refractivity contribution in [3.05, 3.63) is 89.5 Å². The number of benzene rings is 3. The molecule has 7 heteroatoms. The van der Waals surface area contributed by atoms with E-state index in [1.54, 1.807) is 29.2 Å². The number of aliphatic carboxylic acids is 1. The zero-order valence-corrected chi connectivity index (χ0v) is 19.1. The Morgan fingerprint density at radius 3 is 2.20 bits per heavy atom. The van der Waals surface area contributed by atoms with E-state index in [1.807, 2.05) is 24.3 Å². The minimum Gasteiger partial charge on any atom is -0.481 e. The summed E-state index contributed by atoms with van der Waals surface area (Å²) in [5, 5.41) is 11.7. The first-order valence-electron chi connectivity index (χ1n) is 11.8. The number of rotatable bonds is 8. The Morgan fingerprint density at radius 1 is 0.914 bits per heavy atom. The van der Waals surface area contributed by atoms with Crippen LogP contribution in [-0.2, 0) is 9.53 Å². The van der Waals surface area contributed by atoms with Gasteiger partial charge in [0.25, 0.3) is 5.91 Å². The third-order valence-corrected chi connectivity index (χ3v) is 6.51. The minimum atomic E-state index is -0.936. The van der Waals surface area contributed by atoms with Crippen LogP contribution >= 0.6 is 0 Å². The summed E-state index contributed by atoms with van der Waals surface area (Å²) < 4.78 is 5.59. The molecule has 3 aromatic rings.